The lowest BCUT2D eigenvalue weighted by Crippen LogP contribution is -2.08. The molecule has 0 fully saturated rings. The van der Waals surface area contributed by atoms with E-state index in [2.05, 4.69) is 10.3 Å². The summed E-state index contributed by atoms with van der Waals surface area (Å²) in [5, 5.41) is 3.95. The van der Waals surface area contributed by atoms with Crippen molar-refractivity contribution in [1.82, 2.24) is 9.55 Å². The van der Waals surface area contributed by atoms with E-state index < -0.39 is 0 Å². The summed E-state index contributed by atoms with van der Waals surface area (Å²) >= 11 is 12.3. The number of carbonyl (C=O) groups excluding carboxylic acids is 1. The Hall–Kier alpha value is -2.56. The summed E-state index contributed by atoms with van der Waals surface area (Å²) < 4.78 is 1.97. The summed E-state index contributed by atoms with van der Waals surface area (Å²) in [4.78, 5) is 16.5. The molecule has 0 atom stereocenters. The molecule has 0 saturated heterocycles. The number of nitrogens with zero attached hydrogens (tertiary/aromatic N) is 2. The van der Waals surface area contributed by atoms with E-state index in [1.54, 1.807) is 24.4 Å². The molecule has 1 aromatic heterocycles. The number of amides is 1. The maximum Gasteiger partial charge on any atom is 0.248 e. The van der Waals surface area contributed by atoms with Crippen molar-refractivity contribution in [2.24, 2.45) is 7.05 Å². The Kier molecular flexibility index (Phi) is 5.45. The minimum Gasteiger partial charge on any atom is -0.331 e. The van der Waals surface area contributed by atoms with Gasteiger partial charge in [-0.05, 0) is 42.8 Å². The van der Waals surface area contributed by atoms with Crippen LogP contribution < -0.4 is 5.32 Å². The van der Waals surface area contributed by atoms with Gasteiger partial charge in [-0.15, -0.1) is 0 Å². The molecule has 6 heteroatoms. The van der Waals surface area contributed by atoms with Crippen LogP contribution in [-0.2, 0) is 11.8 Å². The number of nitrogens with one attached hydrogen (secondary N) is 1. The fourth-order valence-electron chi connectivity index (χ4n) is 2.54. The molecule has 3 rings (SSSR count). The fourth-order valence-corrected chi connectivity index (χ4v) is 2.97. The summed E-state index contributed by atoms with van der Waals surface area (Å²) in [6.45, 7) is 1.93. The Morgan fingerprint density at radius 1 is 1.19 bits per heavy atom. The highest BCUT2D eigenvalue weighted by atomic mass is 35.5. The Labute approximate surface area is 162 Å². The number of anilines is 1. The van der Waals surface area contributed by atoms with Crippen molar-refractivity contribution in [3.8, 4) is 11.3 Å². The molecule has 0 spiro atoms. The number of imidazole rings is 1. The molecule has 1 heterocycles. The van der Waals surface area contributed by atoms with E-state index >= 15 is 0 Å². The number of aromatic nitrogens is 2. The minimum absolute atomic E-state index is 0.265. The molecule has 0 aliphatic heterocycles. The predicted molar refractivity (Wildman–Crippen MR) is 108 cm³/mol. The van der Waals surface area contributed by atoms with Gasteiger partial charge in [0.1, 0.15) is 5.82 Å². The highest BCUT2D eigenvalue weighted by Gasteiger charge is 2.09. The molecule has 0 radical (unpaired) electrons. The predicted octanol–water partition coefficient (Wildman–Crippen LogP) is 5.35. The SMILES string of the molecule is Cc1ncc(-c2cc(Cl)cc(NC(=O)C=Cc3ccccc3Cl)c2)n1C. The monoisotopic (exact) mass is 385 g/mol. The number of hydrogen-bond acceptors (Lipinski definition) is 2. The molecule has 0 aliphatic carbocycles. The summed E-state index contributed by atoms with van der Waals surface area (Å²) in [5.41, 5.74) is 3.19. The molecule has 132 valence electrons. The second kappa shape index (κ2) is 7.77. The minimum atomic E-state index is -0.265. The van der Waals surface area contributed by atoms with Crippen LogP contribution >= 0.6 is 23.2 Å². The highest BCUT2D eigenvalue weighted by molar-refractivity contribution is 6.32. The van der Waals surface area contributed by atoms with Crippen molar-refractivity contribution < 1.29 is 4.79 Å². The van der Waals surface area contributed by atoms with Crippen molar-refractivity contribution in [1.29, 1.82) is 0 Å². The molecule has 4 nitrogen and oxygen atoms in total. The lowest BCUT2D eigenvalue weighted by atomic mass is 10.1. The molecular formula is C20H17Cl2N3O. The number of hydrogen-bond donors (Lipinski definition) is 1. The molecule has 0 aliphatic rings. The van der Waals surface area contributed by atoms with Crippen molar-refractivity contribution in [3.05, 3.63) is 76.2 Å². The van der Waals surface area contributed by atoms with Crippen LogP contribution in [0.4, 0.5) is 5.69 Å². The first-order valence-corrected chi connectivity index (χ1v) is 8.72. The highest BCUT2D eigenvalue weighted by Crippen LogP contribution is 2.27. The van der Waals surface area contributed by atoms with Crippen LogP contribution in [0.25, 0.3) is 17.3 Å². The topological polar surface area (TPSA) is 46.9 Å². The van der Waals surface area contributed by atoms with Crippen LogP contribution in [-0.4, -0.2) is 15.5 Å². The van der Waals surface area contributed by atoms with E-state index in [0.29, 0.717) is 15.7 Å². The fraction of sp³-hybridized carbons (Fsp3) is 0.100. The van der Waals surface area contributed by atoms with Gasteiger partial charge in [0, 0.05) is 34.4 Å². The van der Waals surface area contributed by atoms with Gasteiger partial charge in [-0.3, -0.25) is 4.79 Å². The average Bonchev–Trinajstić information content (AvgIpc) is 2.93. The van der Waals surface area contributed by atoms with Crippen molar-refractivity contribution in [2.45, 2.75) is 6.92 Å². The van der Waals surface area contributed by atoms with Crippen molar-refractivity contribution in [3.63, 3.8) is 0 Å². The first-order valence-electron chi connectivity index (χ1n) is 7.97. The molecule has 2 aromatic carbocycles. The van der Waals surface area contributed by atoms with E-state index in [0.717, 1.165) is 22.6 Å². The number of carbonyl (C=O) groups is 1. The van der Waals surface area contributed by atoms with Gasteiger partial charge in [-0.1, -0.05) is 41.4 Å². The molecule has 0 unspecified atom stereocenters. The molecule has 1 amide bonds. The van der Waals surface area contributed by atoms with Gasteiger partial charge in [-0.25, -0.2) is 4.98 Å². The Morgan fingerprint density at radius 3 is 2.65 bits per heavy atom. The van der Waals surface area contributed by atoms with Gasteiger partial charge in [-0.2, -0.15) is 0 Å². The van der Waals surface area contributed by atoms with Crippen LogP contribution in [0, 0.1) is 6.92 Å². The van der Waals surface area contributed by atoms with Crippen LogP contribution in [0.5, 0.6) is 0 Å². The van der Waals surface area contributed by atoms with Gasteiger partial charge >= 0.3 is 0 Å². The molecular weight excluding hydrogens is 369 g/mol. The maximum absolute atomic E-state index is 12.2. The third-order valence-corrected chi connectivity index (χ3v) is 4.56. The Bertz CT molecular complexity index is 992. The average molecular weight is 386 g/mol. The summed E-state index contributed by atoms with van der Waals surface area (Å²) in [6, 6.07) is 12.7. The number of rotatable bonds is 4. The Balaban J connectivity index is 1.81. The second-order valence-electron chi connectivity index (χ2n) is 5.82. The Morgan fingerprint density at radius 2 is 1.96 bits per heavy atom. The van der Waals surface area contributed by atoms with E-state index in [9.17, 15) is 4.79 Å². The quantitative estimate of drug-likeness (QED) is 0.614. The van der Waals surface area contributed by atoms with E-state index in [1.807, 2.05) is 48.9 Å². The zero-order valence-electron chi connectivity index (χ0n) is 14.3. The van der Waals surface area contributed by atoms with Gasteiger partial charge < -0.3 is 9.88 Å². The lowest BCUT2D eigenvalue weighted by Gasteiger charge is -2.08. The second-order valence-corrected chi connectivity index (χ2v) is 6.67. The van der Waals surface area contributed by atoms with E-state index in [4.69, 9.17) is 23.2 Å². The van der Waals surface area contributed by atoms with Crippen LogP contribution in [0.15, 0.2) is 54.7 Å². The van der Waals surface area contributed by atoms with Crippen LogP contribution in [0.2, 0.25) is 10.0 Å². The van der Waals surface area contributed by atoms with Gasteiger partial charge in [0.25, 0.3) is 0 Å². The molecule has 3 aromatic rings. The van der Waals surface area contributed by atoms with Crippen LogP contribution in [0.3, 0.4) is 0 Å². The standard InChI is InChI=1S/C20H17Cl2N3O/c1-13-23-12-19(25(13)2)15-9-16(21)11-17(10-15)24-20(26)8-7-14-5-3-4-6-18(14)22/h3-12H,1-2H3,(H,24,26). The van der Waals surface area contributed by atoms with Gasteiger partial charge in [0.05, 0.1) is 11.9 Å². The molecule has 0 saturated carbocycles. The number of halogens is 2. The molecule has 26 heavy (non-hydrogen) atoms. The summed E-state index contributed by atoms with van der Waals surface area (Å²) in [5.74, 6) is 0.632. The normalized spacial score (nSPS) is 11.1. The van der Waals surface area contributed by atoms with Crippen molar-refractivity contribution in [2.75, 3.05) is 5.32 Å². The van der Waals surface area contributed by atoms with Crippen LogP contribution in [0.1, 0.15) is 11.4 Å². The molecule has 1 N–H and O–H groups in total. The lowest BCUT2D eigenvalue weighted by molar-refractivity contribution is -0.111. The van der Waals surface area contributed by atoms with E-state index in [-0.39, 0.29) is 5.91 Å². The number of benzene rings is 2. The maximum atomic E-state index is 12.2. The van der Waals surface area contributed by atoms with Gasteiger partial charge in [0.15, 0.2) is 0 Å². The molecule has 0 bridgehead atoms. The van der Waals surface area contributed by atoms with E-state index in [1.165, 1.54) is 6.08 Å². The zero-order valence-corrected chi connectivity index (χ0v) is 15.8. The first kappa shape index (κ1) is 18.2. The van der Waals surface area contributed by atoms with Crippen molar-refractivity contribution >= 4 is 40.9 Å². The first-order chi connectivity index (χ1) is 12.4. The summed E-state index contributed by atoms with van der Waals surface area (Å²) in [7, 11) is 1.93. The summed E-state index contributed by atoms with van der Waals surface area (Å²) in [6.07, 6.45) is 4.90. The smallest absolute Gasteiger partial charge is 0.248 e. The zero-order chi connectivity index (χ0) is 18.7. The largest absolute Gasteiger partial charge is 0.331 e. The third-order valence-electron chi connectivity index (χ3n) is 4.00. The van der Waals surface area contributed by atoms with Gasteiger partial charge in [0.2, 0.25) is 5.91 Å². The third kappa shape index (κ3) is 4.15. The number of aryl methyl sites for hydroxylation is 1.